The van der Waals surface area contributed by atoms with Crippen molar-refractivity contribution in [1.29, 1.82) is 0 Å². The van der Waals surface area contributed by atoms with Gasteiger partial charge in [0.1, 0.15) is 17.3 Å². The largest absolute Gasteiger partial charge is 0.493 e. The molecule has 0 fully saturated rings. The van der Waals surface area contributed by atoms with Crippen molar-refractivity contribution in [3.63, 3.8) is 0 Å². The van der Waals surface area contributed by atoms with E-state index in [1.54, 1.807) is 18.2 Å². The van der Waals surface area contributed by atoms with E-state index in [2.05, 4.69) is 9.97 Å². The van der Waals surface area contributed by atoms with E-state index in [1.165, 1.54) is 12.4 Å². The van der Waals surface area contributed by atoms with Gasteiger partial charge in [-0.05, 0) is 19.1 Å². The first-order valence-electron chi connectivity index (χ1n) is 5.65. The topological polar surface area (TPSA) is 61.3 Å². The van der Waals surface area contributed by atoms with Gasteiger partial charge in [0.2, 0.25) is 0 Å². The summed E-state index contributed by atoms with van der Waals surface area (Å²) in [5, 5.41) is 0.410. The molecule has 1 unspecified atom stereocenters. The van der Waals surface area contributed by atoms with Crippen LogP contribution in [0.15, 0.2) is 42.0 Å². The van der Waals surface area contributed by atoms with Crippen molar-refractivity contribution in [3.8, 4) is 6.01 Å². The minimum Gasteiger partial charge on any atom is -0.493 e. The molecule has 5 nitrogen and oxygen atoms in total. The van der Waals surface area contributed by atoms with Gasteiger partial charge < -0.3 is 9.47 Å². The third-order valence-corrected chi connectivity index (χ3v) is 2.52. The maximum absolute atomic E-state index is 11.0. The van der Waals surface area contributed by atoms with Crippen molar-refractivity contribution in [2.45, 2.75) is 13.0 Å². The van der Waals surface area contributed by atoms with Crippen molar-refractivity contribution < 1.29 is 14.3 Å². The molecule has 0 spiro atoms. The Morgan fingerprint density at radius 2 is 2.16 bits per heavy atom. The maximum atomic E-state index is 11.0. The molecule has 6 heteroatoms. The number of carbonyl (C=O) groups excluding carboxylic acids is 1. The summed E-state index contributed by atoms with van der Waals surface area (Å²) in [7, 11) is 0. The number of aromatic nitrogens is 2. The molecule has 1 aromatic rings. The number of halogens is 1. The molecule has 1 aliphatic carbocycles. The van der Waals surface area contributed by atoms with Gasteiger partial charge in [-0.25, -0.2) is 14.8 Å². The Labute approximate surface area is 115 Å². The average molecular weight is 279 g/mol. The molecule has 0 bridgehead atoms. The summed E-state index contributed by atoms with van der Waals surface area (Å²) in [4.78, 5) is 18.9. The Morgan fingerprint density at radius 3 is 2.79 bits per heavy atom. The van der Waals surface area contributed by atoms with Crippen LogP contribution in [0.25, 0.3) is 0 Å². The van der Waals surface area contributed by atoms with E-state index in [9.17, 15) is 4.79 Å². The molecule has 19 heavy (non-hydrogen) atoms. The van der Waals surface area contributed by atoms with Gasteiger partial charge >= 0.3 is 6.01 Å². The molecular formula is C13H11ClN2O3. The molecule has 1 aromatic heterocycles. The smallest absolute Gasteiger partial charge is 0.317 e. The van der Waals surface area contributed by atoms with Crippen molar-refractivity contribution in [2.75, 3.05) is 6.61 Å². The van der Waals surface area contributed by atoms with Gasteiger partial charge in [0, 0.05) is 0 Å². The Morgan fingerprint density at radius 1 is 1.42 bits per heavy atom. The summed E-state index contributed by atoms with van der Waals surface area (Å²) in [5.74, 6) is 2.28. The number of allylic oxidation sites excluding steroid dienone is 2. The summed E-state index contributed by atoms with van der Waals surface area (Å²) in [6, 6.07) is 0.129. The van der Waals surface area contributed by atoms with Crippen LogP contribution in [0, 0.1) is 0 Å². The summed E-state index contributed by atoms with van der Waals surface area (Å²) in [6.07, 6.45) is 7.34. The minimum atomic E-state index is -0.620. The molecule has 1 aliphatic rings. The Balaban J connectivity index is 2.17. The zero-order valence-electron chi connectivity index (χ0n) is 10.2. The molecule has 0 aromatic carbocycles. The van der Waals surface area contributed by atoms with Crippen LogP contribution in [0.5, 0.6) is 6.01 Å². The van der Waals surface area contributed by atoms with Crippen LogP contribution in [0.4, 0.5) is 0 Å². The fraction of sp³-hybridized carbons (Fsp3) is 0.231. The zero-order valence-corrected chi connectivity index (χ0v) is 10.9. The second kappa shape index (κ2) is 6.18. The van der Waals surface area contributed by atoms with Gasteiger partial charge in [-0.3, -0.25) is 0 Å². The fourth-order valence-electron chi connectivity index (χ4n) is 1.53. The van der Waals surface area contributed by atoms with E-state index in [-0.39, 0.29) is 11.6 Å². The normalized spacial score (nSPS) is 17.7. The van der Waals surface area contributed by atoms with Crippen molar-refractivity contribution in [3.05, 3.63) is 47.0 Å². The lowest BCUT2D eigenvalue weighted by Crippen LogP contribution is -2.22. The molecule has 1 heterocycles. The molecule has 0 aliphatic heterocycles. The van der Waals surface area contributed by atoms with Gasteiger partial charge in [0.15, 0.2) is 6.10 Å². The number of hydrogen-bond acceptors (Lipinski definition) is 5. The van der Waals surface area contributed by atoms with Crippen LogP contribution in [0.1, 0.15) is 6.92 Å². The third kappa shape index (κ3) is 3.22. The number of hydrogen-bond donors (Lipinski definition) is 0. The first kappa shape index (κ1) is 13.3. The second-order valence-electron chi connectivity index (χ2n) is 3.59. The average Bonchev–Trinajstić information content (AvgIpc) is 2.42. The van der Waals surface area contributed by atoms with Crippen LogP contribution in [-0.2, 0) is 9.53 Å². The van der Waals surface area contributed by atoms with E-state index in [0.717, 1.165) is 0 Å². The van der Waals surface area contributed by atoms with Crippen molar-refractivity contribution >= 4 is 17.5 Å². The molecule has 2 rings (SSSR count). The van der Waals surface area contributed by atoms with Crippen molar-refractivity contribution in [2.24, 2.45) is 0 Å². The zero-order chi connectivity index (χ0) is 13.7. The number of rotatable bonds is 4. The van der Waals surface area contributed by atoms with Crippen LogP contribution in [0.2, 0.25) is 5.02 Å². The molecule has 0 amide bonds. The van der Waals surface area contributed by atoms with E-state index in [1.807, 2.05) is 12.9 Å². The van der Waals surface area contributed by atoms with Gasteiger partial charge in [-0.2, -0.15) is 0 Å². The standard InChI is InChI=1S/C13H11ClN2O3/c1-2-18-11-4-3-5-12(10(11)8-17)19-13-15-6-9(14)7-16-13/h3-7,12H,2H2,1H3. The van der Waals surface area contributed by atoms with E-state index < -0.39 is 6.10 Å². The lowest BCUT2D eigenvalue weighted by Gasteiger charge is -2.19. The predicted molar refractivity (Wildman–Crippen MR) is 69.5 cm³/mol. The molecule has 98 valence electrons. The lowest BCUT2D eigenvalue weighted by atomic mass is 10.0. The van der Waals surface area contributed by atoms with Gasteiger partial charge in [0.05, 0.1) is 24.0 Å². The van der Waals surface area contributed by atoms with Crippen LogP contribution in [0.3, 0.4) is 0 Å². The summed E-state index contributed by atoms with van der Waals surface area (Å²) >= 11 is 5.68. The molecule has 0 saturated carbocycles. The summed E-state index contributed by atoms with van der Waals surface area (Å²) in [5.41, 5.74) is 0.280. The Kier molecular flexibility index (Phi) is 4.34. The SMILES string of the molecule is CCOC1=CC=CC(Oc2ncc(Cl)cn2)C1=C=O. The molecule has 0 radical (unpaired) electrons. The quantitative estimate of drug-likeness (QED) is 0.790. The number of ether oxygens (including phenoxy) is 2. The van der Waals surface area contributed by atoms with Crippen LogP contribution in [-0.4, -0.2) is 28.6 Å². The highest BCUT2D eigenvalue weighted by Crippen LogP contribution is 2.22. The first-order valence-corrected chi connectivity index (χ1v) is 6.03. The fourth-order valence-corrected chi connectivity index (χ4v) is 1.63. The highest BCUT2D eigenvalue weighted by atomic mass is 35.5. The summed E-state index contributed by atoms with van der Waals surface area (Å²) in [6.45, 7) is 2.29. The highest BCUT2D eigenvalue weighted by Gasteiger charge is 2.23. The first-order chi connectivity index (χ1) is 9.24. The number of nitrogens with zero attached hydrogens (tertiary/aromatic N) is 2. The molecule has 1 atom stereocenters. The molecular weight excluding hydrogens is 268 g/mol. The maximum Gasteiger partial charge on any atom is 0.317 e. The Bertz CT molecular complexity index is 560. The van der Waals surface area contributed by atoms with Crippen LogP contribution < -0.4 is 4.74 Å². The molecule has 0 N–H and O–H groups in total. The second-order valence-corrected chi connectivity index (χ2v) is 4.02. The van der Waals surface area contributed by atoms with E-state index in [4.69, 9.17) is 21.1 Å². The predicted octanol–water partition coefficient (Wildman–Crippen LogP) is 2.13. The molecule has 0 saturated heterocycles. The van der Waals surface area contributed by atoms with Gasteiger partial charge in [-0.1, -0.05) is 17.7 Å². The van der Waals surface area contributed by atoms with E-state index >= 15 is 0 Å². The van der Waals surface area contributed by atoms with Crippen LogP contribution >= 0.6 is 11.6 Å². The highest BCUT2D eigenvalue weighted by molar-refractivity contribution is 6.30. The minimum absolute atomic E-state index is 0.129. The Hall–Kier alpha value is -2.10. The van der Waals surface area contributed by atoms with E-state index in [0.29, 0.717) is 17.4 Å². The van der Waals surface area contributed by atoms with Gasteiger partial charge in [0.25, 0.3) is 0 Å². The monoisotopic (exact) mass is 278 g/mol. The van der Waals surface area contributed by atoms with Gasteiger partial charge in [-0.15, -0.1) is 0 Å². The summed E-state index contributed by atoms with van der Waals surface area (Å²) < 4.78 is 10.8. The third-order valence-electron chi connectivity index (χ3n) is 2.32. The lowest BCUT2D eigenvalue weighted by molar-refractivity contribution is 0.207. The van der Waals surface area contributed by atoms with Crippen molar-refractivity contribution in [1.82, 2.24) is 9.97 Å².